The van der Waals surface area contributed by atoms with Crippen molar-refractivity contribution in [1.29, 1.82) is 0 Å². The average Bonchev–Trinajstić information content (AvgIpc) is 2.61. The number of aromatic nitrogens is 2. The quantitative estimate of drug-likeness (QED) is 0.721. The van der Waals surface area contributed by atoms with E-state index in [-0.39, 0.29) is 12.1 Å². The molecule has 0 aliphatic carbocycles. The van der Waals surface area contributed by atoms with Gasteiger partial charge in [-0.25, -0.2) is 4.79 Å². The first-order valence-electron chi connectivity index (χ1n) is 4.68. The van der Waals surface area contributed by atoms with Gasteiger partial charge in [-0.15, -0.1) is 10.2 Å². The van der Waals surface area contributed by atoms with E-state index in [2.05, 4.69) is 10.2 Å². The minimum atomic E-state index is -0.357. The van der Waals surface area contributed by atoms with E-state index in [1.165, 1.54) is 11.3 Å². The van der Waals surface area contributed by atoms with Gasteiger partial charge in [0.2, 0.25) is 5.01 Å². The van der Waals surface area contributed by atoms with Crippen LogP contribution in [0.1, 0.15) is 41.5 Å². The van der Waals surface area contributed by atoms with Crippen molar-refractivity contribution in [2.75, 3.05) is 0 Å². The monoisotopic (exact) mass is 214 g/mol. The molecule has 0 bridgehead atoms. The fourth-order valence-electron chi connectivity index (χ4n) is 1.04. The summed E-state index contributed by atoms with van der Waals surface area (Å²) in [5.74, 6) is -0.357. The van der Waals surface area contributed by atoms with Crippen LogP contribution < -0.4 is 0 Å². The van der Waals surface area contributed by atoms with E-state index in [1.54, 1.807) is 0 Å². The predicted octanol–water partition coefficient (Wildman–Crippen LogP) is 2.19. The van der Waals surface area contributed by atoms with Gasteiger partial charge in [0.25, 0.3) is 0 Å². The Morgan fingerprint density at radius 1 is 1.43 bits per heavy atom. The molecule has 1 aromatic rings. The number of ether oxygens (including phenoxy) is 1. The molecule has 0 aromatic carbocycles. The third-order valence-electron chi connectivity index (χ3n) is 1.89. The topological polar surface area (TPSA) is 52.1 Å². The lowest BCUT2D eigenvalue weighted by Crippen LogP contribution is -2.16. The van der Waals surface area contributed by atoms with Crippen molar-refractivity contribution in [1.82, 2.24) is 10.2 Å². The maximum absolute atomic E-state index is 11.5. The summed E-state index contributed by atoms with van der Waals surface area (Å²) in [5, 5.41) is 8.62. The molecule has 14 heavy (non-hydrogen) atoms. The van der Waals surface area contributed by atoms with E-state index < -0.39 is 0 Å². The van der Waals surface area contributed by atoms with Crippen molar-refractivity contribution in [3.05, 3.63) is 10.0 Å². The molecule has 0 unspecified atom stereocenters. The van der Waals surface area contributed by atoms with Gasteiger partial charge < -0.3 is 4.74 Å². The Labute approximate surface area is 87.3 Å². The van der Waals surface area contributed by atoms with E-state index in [1.807, 2.05) is 20.8 Å². The largest absolute Gasteiger partial charge is 0.457 e. The Hall–Kier alpha value is -0.970. The molecule has 0 radical (unpaired) electrons. The summed E-state index contributed by atoms with van der Waals surface area (Å²) in [7, 11) is 0. The molecule has 1 rings (SSSR count). The summed E-state index contributed by atoms with van der Waals surface area (Å²) in [4.78, 5) is 11.5. The number of carbonyl (C=O) groups excluding carboxylic acids is 1. The SMILES string of the molecule is CCC(CC)OC(=O)c1nnc(C)s1. The Kier molecular flexibility index (Phi) is 4.00. The molecule has 0 N–H and O–H groups in total. The van der Waals surface area contributed by atoms with Crippen molar-refractivity contribution in [2.45, 2.75) is 39.7 Å². The number of esters is 1. The Morgan fingerprint density at radius 2 is 2.07 bits per heavy atom. The predicted molar refractivity (Wildman–Crippen MR) is 54.4 cm³/mol. The summed E-state index contributed by atoms with van der Waals surface area (Å²) < 4.78 is 5.22. The van der Waals surface area contributed by atoms with Crippen molar-refractivity contribution in [3.8, 4) is 0 Å². The van der Waals surface area contributed by atoms with Gasteiger partial charge in [0.1, 0.15) is 11.1 Å². The summed E-state index contributed by atoms with van der Waals surface area (Å²) >= 11 is 1.26. The van der Waals surface area contributed by atoms with Crippen LogP contribution in [-0.2, 0) is 4.74 Å². The molecule has 4 nitrogen and oxygen atoms in total. The minimum absolute atomic E-state index is 0.00768. The van der Waals surface area contributed by atoms with Crippen LogP contribution in [0.25, 0.3) is 0 Å². The highest BCUT2D eigenvalue weighted by Gasteiger charge is 2.16. The molecule has 0 saturated heterocycles. The van der Waals surface area contributed by atoms with E-state index in [4.69, 9.17) is 4.74 Å². The molecule has 78 valence electrons. The summed E-state index contributed by atoms with van der Waals surface area (Å²) in [5.41, 5.74) is 0. The number of hydrogen-bond acceptors (Lipinski definition) is 5. The van der Waals surface area contributed by atoms with Crippen LogP contribution in [0, 0.1) is 6.92 Å². The number of nitrogens with zero attached hydrogens (tertiary/aromatic N) is 2. The summed E-state index contributed by atoms with van der Waals surface area (Å²) in [6, 6.07) is 0. The van der Waals surface area contributed by atoms with Crippen molar-refractivity contribution >= 4 is 17.3 Å². The van der Waals surface area contributed by atoms with Gasteiger partial charge in [0.05, 0.1) is 0 Å². The van der Waals surface area contributed by atoms with E-state index >= 15 is 0 Å². The molecule has 0 aliphatic heterocycles. The number of aryl methyl sites for hydroxylation is 1. The maximum atomic E-state index is 11.5. The molecule has 0 aliphatic rings. The first kappa shape index (κ1) is 11.1. The van der Waals surface area contributed by atoms with Crippen molar-refractivity contribution in [2.24, 2.45) is 0 Å². The van der Waals surface area contributed by atoms with Crippen molar-refractivity contribution in [3.63, 3.8) is 0 Å². The highest BCUT2D eigenvalue weighted by molar-refractivity contribution is 7.13. The highest BCUT2D eigenvalue weighted by atomic mass is 32.1. The minimum Gasteiger partial charge on any atom is -0.457 e. The van der Waals surface area contributed by atoms with Gasteiger partial charge in [0.15, 0.2) is 0 Å². The Bertz CT molecular complexity index is 308. The lowest BCUT2D eigenvalue weighted by Gasteiger charge is -2.11. The molecule has 1 heterocycles. The van der Waals surface area contributed by atoms with Gasteiger partial charge in [-0.1, -0.05) is 25.2 Å². The maximum Gasteiger partial charge on any atom is 0.369 e. The van der Waals surface area contributed by atoms with Crippen LogP contribution in [0.2, 0.25) is 0 Å². The fourth-order valence-corrected chi connectivity index (χ4v) is 1.61. The first-order chi connectivity index (χ1) is 6.67. The summed E-state index contributed by atoms with van der Waals surface area (Å²) in [6.45, 7) is 5.80. The average molecular weight is 214 g/mol. The van der Waals surface area contributed by atoms with Crippen LogP contribution >= 0.6 is 11.3 Å². The van der Waals surface area contributed by atoms with Gasteiger partial charge in [-0.05, 0) is 19.8 Å². The van der Waals surface area contributed by atoms with Gasteiger partial charge in [-0.2, -0.15) is 0 Å². The normalized spacial score (nSPS) is 10.6. The lowest BCUT2D eigenvalue weighted by atomic mass is 10.2. The molecule has 5 heteroatoms. The molecular formula is C9H14N2O2S. The lowest BCUT2D eigenvalue weighted by molar-refractivity contribution is 0.0283. The zero-order valence-corrected chi connectivity index (χ0v) is 9.43. The molecule has 0 spiro atoms. The van der Waals surface area contributed by atoms with Gasteiger partial charge in [-0.3, -0.25) is 0 Å². The second-order valence-corrected chi connectivity index (χ2v) is 4.15. The second kappa shape index (κ2) is 5.05. The van der Waals surface area contributed by atoms with Crippen LogP contribution in [0.4, 0.5) is 0 Å². The first-order valence-corrected chi connectivity index (χ1v) is 5.50. The fraction of sp³-hybridized carbons (Fsp3) is 0.667. The standard InChI is InChI=1S/C9H14N2O2S/c1-4-7(5-2)13-9(12)8-11-10-6(3)14-8/h7H,4-5H2,1-3H3. The number of hydrogen-bond donors (Lipinski definition) is 0. The van der Waals surface area contributed by atoms with Crippen LogP contribution in [-0.4, -0.2) is 22.3 Å². The molecule has 0 saturated carbocycles. The zero-order chi connectivity index (χ0) is 10.6. The number of rotatable bonds is 4. The van der Waals surface area contributed by atoms with Crippen LogP contribution in [0.15, 0.2) is 0 Å². The summed E-state index contributed by atoms with van der Waals surface area (Å²) in [6.07, 6.45) is 1.66. The molecular weight excluding hydrogens is 200 g/mol. The smallest absolute Gasteiger partial charge is 0.369 e. The van der Waals surface area contributed by atoms with Gasteiger partial charge >= 0.3 is 5.97 Å². The van der Waals surface area contributed by atoms with Gasteiger partial charge in [0, 0.05) is 0 Å². The molecule has 0 fully saturated rings. The second-order valence-electron chi connectivity index (χ2n) is 2.97. The number of carbonyl (C=O) groups is 1. The van der Waals surface area contributed by atoms with E-state index in [0.717, 1.165) is 17.8 Å². The molecule has 0 atom stereocenters. The van der Waals surface area contributed by atoms with Crippen LogP contribution in [0.3, 0.4) is 0 Å². The van der Waals surface area contributed by atoms with E-state index in [0.29, 0.717) is 5.01 Å². The third-order valence-corrected chi connectivity index (χ3v) is 2.70. The molecule has 0 amide bonds. The zero-order valence-electron chi connectivity index (χ0n) is 8.61. The Morgan fingerprint density at radius 3 is 2.50 bits per heavy atom. The third kappa shape index (κ3) is 2.77. The van der Waals surface area contributed by atoms with E-state index in [9.17, 15) is 4.79 Å². The molecule has 1 aromatic heterocycles. The highest BCUT2D eigenvalue weighted by Crippen LogP contribution is 2.12. The Balaban J connectivity index is 2.58. The van der Waals surface area contributed by atoms with Crippen molar-refractivity contribution < 1.29 is 9.53 Å². The van der Waals surface area contributed by atoms with Crippen LogP contribution in [0.5, 0.6) is 0 Å².